The van der Waals surface area contributed by atoms with Crippen LogP contribution in [0.5, 0.6) is 5.75 Å². The second kappa shape index (κ2) is 10.7. The third-order valence-corrected chi connectivity index (χ3v) is 6.56. The van der Waals surface area contributed by atoms with E-state index in [-0.39, 0.29) is 29.4 Å². The van der Waals surface area contributed by atoms with Crippen molar-refractivity contribution in [3.05, 3.63) is 113 Å². The molecule has 0 N–H and O–H groups in total. The molecule has 1 heterocycles. The molecule has 0 radical (unpaired) electrons. The molecule has 0 unspecified atom stereocenters. The molecule has 0 aliphatic carbocycles. The quantitative estimate of drug-likeness (QED) is 0.181. The van der Waals surface area contributed by atoms with Crippen molar-refractivity contribution in [1.82, 2.24) is 4.90 Å². The lowest BCUT2D eigenvalue weighted by atomic mass is 10.1. The van der Waals surface area contributed by atoms with Crippen molar-refractivity contribution in [3.63, 3.8) is 0 Å². The maximum absolute atomic E-state index is 13.0. The van der Waals surface area contributed by atoms with Crippen molar-refractivity contribution in [2.24, 2.45) is 0 Å². The molecule has 0 bridgehead atoms. The number of rotatable bonds is 8. The summed E-state index contributed by atoms with van der Waals surface area (Å²) in [6.45, 7) is 0.129. The van der Waals surface area contributed by atoms with Gasteiger partial charge in [0.1, 0.15) is 12.4 Å². The Bertz CT molecular complexity index is 1390. The normalized spacial score (nSPS) is 14.4. The number of carbonyl (C=O) groups excluding carboxylic acids is 2. The lowest BCUT2D eigenvalue weighted by Crippen LogP contribution is -2.27. The molecule has 10 nitrogen and oxygen atoms in total. The summed E-state index contributed by atoms with van der Waals surface area (Å²) in [5, 5.41) is 21.2. The predicted molar refractivity (Wildman–Crippen MR) is 136 cm³/mol. The zero-order valence-corrected chi connectivity index (χ0v) is 20.7. The van der Waals surface area contributed by atoms with E-state index in [0.717, 1.165) is 26.7 Å². The van der Waals surface area contributed by atoms with Gasteiger partial charge in [-0.1, -0.05) is 28.1 Å². The minimum absolute atomic E-state index is 0.0119. The highest BCUT2D eigenvalue weighted by Crippen LogP contribution is 2.36. The first kappa shape index (κ1) is 25.1. The van der Waals surface area contributed by atoms with E-state index in [1.807, 2.05) is 0 Å². The van der Waals surface area contributed by atoms with Gasteiger partial charge in [0.15, 0.2) is 0 Å². The number of carbonyl (C=O) groups is 2. The summed E-state index contributed by atoms with van der Waals surface area (Å²) in [5.74, 6) is -0.0247. The Labute approximate surface area is 217 Å². The number of ether oxygens (including phenoxy) is 1. The highest BCUT2D eigenvalue weighted by Gasteiger charge is 2.35. The molecule has 12 heteroatoms. The number of benzene rings is 3. The molecular weight excluding hydrogens is 554 g/mol. The Morgan fingerprint density at radius 1 is 0.889 bits per heavy atom. The minimum Gasteiger partial charge on any atom is -0.488 e. The van der Waals surface area contributed by atoms with Crippen LogP contribution >= 0.6 is 27.7 Å². The summed E-state index contributed by atoms with van der Waals surface area (Å²) in [4.78, 5) is 47.4. The number of imide groups is 1. The Morgan fingerprint density at radius 2 is 1.47 bits per heavy atom. The van der Waals surface area contributed by atoms with Crippen molar-refractivity contribution in [2.45, 2.75) is 13.2 Å². The minimum atomic E-state index is -0.522. The first-order chi connectivity index (χ1) is 17.2. The third kappa shape index (κ3) is 5.78. The van der Waals surface area contributed by atoms with Crippen LogP contribution in [0.15, 0.2) is 76.1 Å². The molecule has 3 aromatic carbocycles. The Balaban J connectivity index is 1.51. The second-order valence-electron chi connectivity index (χ2n) is 7.59. The summed E-state index contributed by atoms with van der Waals surface area (Å²) < 4.78 is 6.63. The van der Waals surface area contributed by atoms with Gasteiger partial charge in [-0.15, -0.1) is 0 Å². The molecule has 0 aromatic heterocycles. The molecule has 0 atom stereocenters. The zero-order valence-electron chi connectivity index (χ0n) is 18.3. The number of thioether (sulfide) groups is 1. The van der Waals surface area contributed by atoms with E-state index >= 15 is 0 Å². The summed E-state index contributed by atoms with van der Waals surface area (Å²) in [5.41, 5.74) is 1.76. The van der Waals surface area contributed by atoms with E-state index in [1.54, 1.807) is 36.4 Å². The van der Waals surface area contributed by atoms with Crippen LogP contribution in [0.1, 0.15) is 16.7 Å². The van der Waals surface area contributed by atoms with E-state index in [9.17, 15) is 29.8 Å². The van der Waals surface area contributed by atoms with E-state index in [1.165, 1.54) is 36.4 Å². The summed E-state index contributed by atoms with van der Waals surface area (Å²) in [6, 6.07) is 16.8. The van der Waals surface area contributed by atoms with Gasteiger partial charge in [0.25, 0.3) is 22.5 Å². The van der Waals surface area contributed by atoms with Gasteiger partial charge in [-0.05, 0) is 59.3 Å². The van der Waals surface area contributed by atoms with Crippen molar-refractivity contribution in [3.8, 4) is 5.75 Å². The van der Waals surface area contributed by atoms with Crippen LogP contribution in [-0.2, 0) is 17.9 Å². The largest absolute Gasteiger partial charge is 0.488 e. The van der Waals surface area contributed by atoms with E-state index in [4.69, 9.17) is 4.74 Å². The summed E-state index contributed by atoms with van der Waals surface area (Å²) in [7, 11) is 0. The number of hydrogen-bond donors (Lipinski definition) is 0. The fraction of sp³-hybridized carbons (Fsp3) is 0.0833. The lowest BCUT2D eigenvalue weighted by Gasteiger charge is -2.12. The highest BCUT2D eigenvalue weighted by molar-refractivity contribution is 9.10. The third-order valence-electron chi connectivity index (χ3n) is 5.16. The summed E-state index contributed by atoms with van der Waals surface area (Å²) in [6.07, 6.45) is 1.57. The zero-order chi connectivity index (χ0) is 25.8. The highest BCUT2D eigenvalue weighted by atomic mass is 79.9. The Hall–Kier alpha value is -4.03. The van der Waals surface area contributed by atoms with Gasteiger partial charge in [-0.3, -0.25) is 34.7 Å². The van der Waals surface area contributed by atoms with Crippen molar-refractivity contribution < 1.29 is 24.2 Å². The van der Waals surface area contributed by atoms with Gasteiger partial charge in [-0.2, -0.15) is 0 Å². The number of nitro benzene ring substituents is 2. The van der Waals surface area contributed by atoms with Gasteiger partial charge in [0.05, 0.1) is 21.3 Å². The molecule has 36 heavy (non-hydrogen) atoms. The molecule has 2 amide bonds. The SMILES string of the molecule is O=C1S/C(=C/c2cc(Br)ccc2OCc2ccc([N+](=O)[O-])cc2)C(=O)N1Cc1ccc([N+](=O)[O-])cc1. The first-order valence-electron chi connectivity index (χ1n) is 10.4. The first-order valence-corrected chi connectivity index (χ1v) is 12.0. The van der Waals surface area contributed by atoms with Crippen LogP contribution in [0.4, 0.5) is 16.2 Å². The Morgan fingerprint density at radius 3 is 2.06 bits per heavy atom. The van der Waals surface area contributed by atoms with Crippen LogP contribution in [-0.4, -0.2) is 25.9 Å². The van der Waals surface area contributed by atoms with E-state index in [2.05, 4.69) is 15.9 Å². The van der Waals surface area contributed by atoms with Crippen molar-refractivity contribution in [1.29, 1.82) is 0 Å². The molecular formula is C24H16BrN3O7S. The van der Waals surface area contributed by atoms with Crippen LogP contribution in [0.3, 0.4) is 0 Å². The van der Waals surface area contributed by atoms with Gasteiger partial charge >= 0.3 is 0 Å². The molecule has 182 valence electrons. The van der Waals surface area contributed by atoms with E-state index < -0.39 is 21.0 Å². The number of non-ortho nitro benzene ring substituents is 2. The van der Waals surface area contributed by atoms with Gasteiger partial charge in [0, 0.05) is 34.3 Å². The maximum atomic E-state index is 13.0. The van der Waals surface area contributed by atoms with Crippen molar-refractivity contribution >= 4 is 56.3 Å². The topological polar surface area (TPSA) is 133 Å². The van der Waals surface area contributed by atoms with Gasteiger partial charge < -0.3 is 4.74 Å². The number of halogens is 1. The number of amides is 2. The Kier molecular flexibility index (Phi) is 7.46. The fourth-order valence-electron chi connectivity index (χ4n) is 3.32. The molecule has 3 aromatic rings. The number of nitro groups is 2. The predicted octanol–water partition coefficient (Wildman–Crippen LogP) is 6.08. The average molecular weight is 570 g/mol. The lowest BCUT2D eigenvalue weighted by molar-refractivity contribution is -0.385. The fourth-order valence-corrected chi connectivity index (χ4v) is 4.53. The smallest absolute Gasteiger partial charge is 0.293 e. The number of nitrogens with zero attached hydrogens (tertiary/aromatic N) is 3. The standard InChI is InChI=1S/C24H16BrN3O7S/c25-18-5-10-21(35-14-16-3-8-20(9-4-16)28(33)34)17(11-18)12-22-23(29)26(24(30)36-22)13-15-1-6-19(7-2-15)27(31)32/h1-12H,13-14H2/b22-12+. The summed E-state index contributed by atoms with van der Waals surface area (Å²) >= 11 is 4.19. The van der Waals surface area contributed by atoms with Crippen LogP contribution < -0.4 is 4.74 Å². The maximum Gasteiger partial charge on any atom is 0.293 e. The molecule has 0 spiro atoms. The van der Waals surface area contributed by atoms with Crippen LogP contribution in [0.25, 0.3) is 6.08 Å². The molecule has 1 fully saturated rings. The van der Waals surface area contributed by atoms with Crippen LogP contribution in [0, 0.1) is 20.2 Å². The van der Waals surface area contributed by atoms with Gasteiger partial charge in [-0.25, -0.2) is 0 Å². The monoisotopic (exact) mass is 569 g/mol. The van der Waals surface area contributed by atoms with E-state index in [0.29, 0.717) is 16.9 Å². The molecule has 1 aliphatic rings. The average Bonchev–Trinajstić information content (AvgIpc) is 3.11. The molecule has 4 rings (SSSR count). The van der Waals surface area contributed by atoms with Crippen molar-refractivity contribution in [2.75, 3.05) is 0 Å². The molecule has 0 saturated carbocycles. The molecule has 1 aliphatic heterocycles. The second-order valence-corrected chi connectivity index (χ2v) is 9.49. The molecule has 1 saturated heterocycles. The van der Waals surface area contributed by atoms with Crippen LogP contribution in [0.2, 0.25) is 0 Å². The van der Waals surface area contributed by atoms with Gasteiger partial charge in [0.2, 0.25) is 0 Å². The number of hydrogen-bond acceptors (Lipinski definition) is 8.